The molecule has 0 radical (unpaired) electrons. The van der Waals surface area contributed by atoms with Gasteiger partial charge in [-0.2, -0.15) is 0 Å². The molecule has 1 fully saturated rings. The molecule has 1 aliphatic carbocycles. The lowest BCUT2D eigenvalue weighted by Crippen LogP contribution is -2.32. The van der Waals surface area contributed by atoms with Gasteiger partial charge >= 0.3 is 0 Å². The van der Waals surface area contributed by atoms with E-state index in [0.717, 1.165) is 6.54 Å². The zero-order valence-corrected chi connectivity index (χ0v) is 9.66. The summed E-state index contributed by atoms with van der Waals surface area (Å²) in [5.74, 6) is 0. The predicted molar refractivity (Wildman–Crippen MR) is 61.7 cm³/mol. The van der Waals surface area contributed by atoms with E-state index >= 15 is 0 Å². The lowest BCUT2D eigenvalue weighted by atomic mass is 9.95. The predicted octanol–water partition coefficient (Wildman–Crippen LogP) is 2.01. The highest BCUT2D eigenvalue weighted by molar-refractivity contribution is 7.10. The average Bonchev–Trinajstić information content (AvgIpc) is 2.77. The van der Waals surface area contributed by atoms with Crippen LogP contribution in [0.15, 0.2) is 17.5 Å². The van der Waals surface area contributed by atoms with Gasteiger partial charge in [0.1, 0.15) is 0 Å². The van der Waals surface area contributed by atoms with Crippen molar-refractivity contribution in [2.24, 2.45) is 5.41 Å². The molecule has 1 heterocycles. The van der Waals surface area contributed by atoms with Crippen LogP contribution in [0.2, 0.25) is 0 Å². The molecule has 0 saturated heterocycles. The van der Waals surface area contributed by atoms with E-state index in [1.807, 2.05) is 18.4 Å². The van der Waals surface area contributed by atoms with E-state index < -0.39 is 0 Å². The highest BCUT2D eigenvalue weighted by atomic mass is 32.1. The maximum atomic E-state index is 3.46. The SMILES string of the molecule is CNCC1(C(NC)c2cccs2)CC1. The molecule has 1 saturated carbocycles. The van der Waals surface area contributed by atoms with Gasteiger partial charge in [0.05, 0.1) is 0 Å². The van der Waals surface area contributed by atoms with Crippen LogP contribution in [0.3, 0.4) is 0 Å². The Kier molecular flexibility index (Phi) is 2.91. The first-order valence-electron chi connectivity index (χ1n) is 5.18. The van der Waals surface area contributed by atoms with Crippen LogP contribution in [0.1, 0.15) is 23.8 Å². The second-order valence-corrected chi connectivity index (χ2v) is 5.11. The lowest BCUT2D eigenvalue weighted by Gasteiger charge is -2.25. The molecule has 0 amide bonds. The molecule has 78 valence electrons. The largest absolute Gasteiger partial charge is 0.319 e. The summed E-state index contributed by atoms with van der Waals surface area (Å²) < 4.78 is 0. The zero-order chi connectivity index (χ0) is 10.0. The molecule has 1 aliphatic rings. The van der Waals surface area contributed by atoms with Gasteiger partial charge in [-0.25, -0.2) is 0 Å². The smallest absolute Gasteiger partial charge is 0.0481 e. The average molecular weight is 210 g/mol. The first-order chi connectivity index (χ1) is 6.82. The van der Waals surface area contributed by atoms with Crippen molar-refractivity contribution in [3.05, 3.63) is 22.4 Å². The van der Waals surface area contributed by atoms with Gasteiger partial charge in [0.2, 0.25) is 0 Å². The van der Waals surface area contributed by atoms with Crippen molar-refractivity contribution >= 4 is 11.3 Å². The fourth-order valence-electron chi connectivity index (χ4n) is 2.29. The Labute approximate surface area is 89.7 Å². The first kappa shape index (κ1) is 10.1. The van der Waals surface area contributed by atoms with Gasteiger partial charge in [0.25, 0.3) is 0 Å². The molecule has 1 aromatic rings. The summed E-state index contributed by atoms with van der Waals surface area (Å²) in [4.78, 5) is 1.47. The molecule has 1 aromatic heterocycles. The molecule has 1 unspecified atom stereocenters. The zero-order valence-electron chi connectivity index (χ0n) is 8.84. The van der Waals surface area contributed by atoms with Crippen LogP contribution in [-0.4, -0.2) is 20.6 Å². The van der Waals surface area contributed by atoms with Crippen molar-refractivity contribution in [2.45, 2.75) is 18.9 Å². The second-order valence-electron chi connectivity index (χ2n) is 4.13. The summed E-state index contributed by atoms with van der Waals surface area (Å²) >= 11 is 1.86. The van der Waals surface area contributed by atoms with Crippen LogP contribution >= 0.6 is 11.3 Å². The van der Waals surface area contributed by atoms with Crippen molar-refractivity contribution in [2.75, 3.05) is 20.6 Å². The maximum Gasteiger partial charge on any atom is 0.0481 e. The van der Waals surface area contributed by atoms with E-state index in [9.17, 15) is 0 Å². The third-order valence-electron chi connectivity index (χ3n) is 3.15. The third kappa shape index (κ3) is 1.72. The Balaban J connectivity index is 2.14. The highest BCUT2D eigenvalue weighted by Crippen LogP contribution is 2.54. The van der Waals surface area contributed by atoms with E-state index in [1.54, 1.807) is 0 Å². The van der Waals surface area contributed by atoms with E-state index in [-0.39, 0.29) is 0 Å². The fraction of sp³-hybridized carbons (Fsp3) is 0.636. The molecule has 0 aliphatic heterocycles. The van der Waals surface area contributed by atoms with Gasteiger partial charge < -0.3 is 10.6 Å². The monoisotopic (exact) mass is 210 g/mol. The van der Waals surface area contributed by atoms with Gasteiger partial charge in [-0.15, -0.1) is 11.3 Å². The molecule has 2 N–H and O–H groups in total. The standard InChI is InChI=1S/C11H18N2S/c1-12-8-11(5-6-11)10(13-2)9-4-3-7-14-9/h3-4,7,10,12-13H,5-6,8H2,1-2H3. The summed E-state index contributed by atoms with van der Waals surface area (Å²) in [6, 6.07) is 4.91. The van der Waals surface area contributed by atoms with Crippen LogP contribution < -0.4 is 10.6 Å². The van der Waals surface area contributed by atoms with Crippen molar-refractivity contribution in [1.29, 1.82) is 0 Å². The number of thiophene rings is 1. The van der Waals surface area contributed by atoms with Crippen molar-refractivity contribution in [1.82, 2.24) is 10.6 Å². The van der Waals surface area contributed by atoms with Crippen LogP contribution in [0.5, 0.6) is 0 Å². The van der Waals surface area contributed by atoms with Crippen LogP contribution in [0.4, 0.5) is 0 Å². The molecule has 14 heavy (non-hydrogen) atoms. The highest BCUT2D eigenvalue weighted by Gasteiger charge is 2.48. The van der Waals surface area contributed by atoms with E-state index in [0.29, 0.717) is 11.5 Å². The van der Waals surface area contributed by atoms with Crippen LogP contribution in [0.25, 0.3) is 0 Å². The van der Waals surface area contributed by atoms with E-state index in [2.05, 4.69) is 35.2 Å². The minimum absolute atomic E-state index is 0.481. The van der Waals surface area contributed by atoms with Crippen molar-refractivity contribution in [3.63, 3.8) is 0 Å². The molecule has 0 aromatic carbocycles. The Morgan fingerprint density at radius 3 is 2.71 bits per heavy atom. The number of rotatable bonds is 5. The van der Waals surface area contributed by atoms with E-state index in [4.69, 9.17) is 0 Å². The third-order valence-corrected chi connectivity index (χ3v) is 4.09. The van der Waals surface area contributed by atoms with Crippen molar-refractivity contribution < 1.29 is 0 Å². The summed E-state index contributed by atoms with van der Waals surface area (Å²) in [6.45, 7) is 1.12. The summed E-state index contributed by atoms with van der Waals surface area (Å²) in [5, 5.41) is 8.94. The summed E-state index contributed by atoms with van der Waals surface area (Å²) in [7, 11) is 4.11. The van der Waals surface area contributed by atoms with Gasteiger partial charge in [-0.05, 0) is 38.4 Å². The van der Waals surface area contributed by atoms with E-state index in [1.165, 1.54) is 17.7 Å². The van der Waals surface area contributed by atoms with Gasteiger partial charge in [0.15, 0.2) is 0 Å². The summed E-state index contributed by atoms with van der Waals surface area (Å²) in [5.41, 5.74) is 0.481. The Bertz CT molecular complexity index is 277. The fourth-order valence-corrected chi connectivity index (χ4v) is 3.26. The minimum atomic E-state index is 0.481. The molecule has 1 atom stereocenters. The van der Waals surface area contributed by atoms with Gasteiger partial charge in [-0.1, -0.05) is 6.07 Å². The molecular weight excluding hydrogens is 192 g/mol. The number of nitrogens with one attached hydrogen (secondary N) is 2. The van der Waals surface area contributed by atoms with Gasteiger partial charge in [0, 0.05) is 22.9 Å². The Hall–Kier alpha value is -0.380. The molecular formula is C11H18N2S. The quantitative estimate of drug-likeness (QED) is 0.777. The second kappa shape index (κ2) is 4.01. The Morgan fingerprint density at radius 2 is 2.29 bits per heavy atom. The van der Waals surface area contributed by atoms with Crippen LogP contribution in [0, 0.1) is 5.41 Å². The van der Waals surface area contributed by atoms with Crippen molar-refractivity contribution in [3.8, 4) is 0 Å². The maximum absolute atomic E-state index is 3.46. The normalized spacial score (nSPS) is 20.7. The molecule has 0 bridgehead atoms. The lowest BCUT2D eigenvalue weighted by molar-refractivity contribution is 0.351. The number of hydrogen-bond donors (Lipinski definition) is 2. The minimum Gasteiger partial charge on any atom is -0.319 e. The molecule has 2 rings (SSSR count). The molecule has 0 spiro atoms. The van der Waals surface area contributed by atoms with Gasteiger partial charge in [-0.3, -0.25) is 0 Å². The number of hydrogen-bond acceptors (Lipinski definition) is 3. The van der Waals surface area contributed by atoms with Crippen LogP contribution in [-0.2, 0) is 0 Å². The topological polar surface area (TPSA) is 24.1 Å². The molecule has 3 heteroatoms. The summed E-state index contributed by atoms with van der Waals surface area (Å²) in [6.07, 6.45) is 2.69. The first-order valence-corrected chi connectivity index (χ1v) is 6.06. The molecule has 2 nitrogen and oxygen atoms in total. The Morgan fingerprint density at radius 1 is 1.50 bits per heavy atom.